The Labute approximate surface area is 109 Å². The van der Waals surface area contributed by atoms with Crippen molar-refractivity contribution in [3.05, 3.63) is 54.6 Å². The second-order valence-electron chi connectivity index (χ2n) is 4.22. The fourth-order valence-corrected chi connectivity index (χ4v) is 2.63. The minimum atomic E-state index is -4.57. The Hall–Kier alpha value is -1.87. The number of benzene rings is 3. The van der Waals surface area contributed by atoms with Crippen LogP contribution in [0.15, 0.2) is 54.6 Å². The van der Waals surface area contributed by atoms with Crippen molar-refractivity contribution in [2.24, 2.45) is 0 Å². The summed E-state index contributed by atoms with van der Waals surface area (Å²) in [5.41, 5.74) is 0. The van der Waals surface area contributed by atoms with Gasteiger partial charge in [-0.05, 0) is 22.2 Å². The van der Waals surface area contributed by atoms with Crippen LogP contribution < -0.4 is 4.52 Å². The number of hydrogen-bond acceptors (Lipinski definition) is 2. The largest absolute Gasteiger partial charge is 0.524 e. The Morgan fingerprint density at radius 3 is 2.11 bits per heavy atom. The van der Waals surface area contributed by atoms with Gasteiger partial charge in [-0.25, -0.2) is 4.57 Å². The molecule has 0 atom stereocenters. The zero-order valence-electron chi connectivity index (χ0n) is 9.85. The van der Waals surface area contributed by atoms with Crippen molar-refractivity contribution in [1.82, 2.24) is 0 Å². The van der Waals surface area contributed by atoms with E-state index in [0.29, 0.717) is 5.39 Å². The maximum atomic E-state index is 11.1. The normalized spacial score (nSPS) is 11.9. The lowest BCUT2D eigenvalue weighted by Gasteiger charge is -2.12. The maximum Gasteiger partial charge on any atom is 0.524 e. The van der Waals surface area contributed by atoms with Crippen molar-refractivity contribution in [1.29, 1.82) is 0 Å². The quantitative estimate of drug-likeness (QED) is 0.554. The molecule has 0 radical (unpaired) electrons. The molecule has 0 bridgehead atoms. The number of hydrogen-bond donors (Lipinski definition) is 2. The van der Waals surface area contributed by atoms with Gasteiger partial charge < -0.3 is 4.52 Å². The highest BCUT2D eigenvalue weighted by atomic mass is 31.2. The number of rotatable bonds is 2. The van der Waals surface area contributed by atoms with Crippen LogP contribution in [0.3, 0.4) is 0 Å². The van der Waals surface area contributed by atoms with Gasteiger partial charge in [0.2, 0.25) is 0 Å². The summed E-state index contributed by atoms with van der Waals surface area (Å²) in [6.07, 6.45) is 0. The molecule has 4 nitrogen and oxygen atoms in total. The second-order valence-corrected chi connectivity index (χ2v) is 5.39. The zero-order chi connectivity index (χ0) is 13.5. The van der Waals surface area contributed by atoms with Crippen molar-refractivity contribution in [2.45, 2.75) is 0 Å². The van der Waals surface area contributed by atoms with Crippen LogP contribution in [-0.4, -0.2) is 9.79 Å². The van der Waals surface area contributed by atoms with Gasteiger partial charge in [0.25, 0.3) is 0 Å². The van der Waals surface area contributed by atoms with Gasteiger partial charge in [-0.1, -0.05) is 48.5 Å². The molecule has 96 valence electrons. The molecule has 0 aromatic heterocycles. The van der Waals surface area contributed by atoms with Crippen LogP contribution in [0.25, 0.3) is 21.5 Å². The highest BCUT2D eigenvalue weighted by Gasteiger charge is 2.18. The van der Waals surface area contributed by atoms with E-state index in [1.165, 1.54) is 0 Å². The van der Waals surface area contributed by atoms with E-state index in [4.69, 9.17) is 14.3 Å². The fraction of sp³-hybridized carbons (Fsp3) is 0. The van der Waals surface area contributed by atoms with Gasteiger partial charge in [0.15, 0.2) is 0 Å². The van der Waals surface area contributed by atoms with E-state index in [0.717, 1.165) is 16.2 Å². The summed E-state index contributed by atoms with van der Waals surface area (Å²) in [5.74, 6) is 0.197. The number of phosphoric ester groups is 1. The molecule has 0 saturated heterocycles. The van der Waals surface area contributed by atoms with Gasteiger partial charge >= 0.3 is 7.82 Å². The van der Waals surface area contributed by atoms with E-state index in [-0.39, 0.29) is 5.75 Å². The molecule has 0 fully saturated rings. The molecule has 0 amide bonds. The van der Waals surface area contributed by atoms with Gasteiger partial charge in [-0.2, -0.15) is 0 Å². The summed E-state index contributed by atoms with van der Waals surface area (Å²) < 4.78 is 15.8. The van der Waals surface area contributed by atoms with E-state index >= 15 is 0 Å². The number of phosphoric acid groups is 1. The Bertz CT molecular complexity index is 807. The summed E-state index contributed by atoms with van der Waals surface area (Å²) >= 11 is 0. The van der Waals surface area contributed by atoms with Crippen LogP contribution >= 0.6 is 7.82 Å². The molecule has 0 spiro atoms. The van der Waals surface area contributed by atoms with Crippen molar-refractivity contribution < 1.29 is 18.9 Å². The molecule has 3 aromatic carbocycles. The lowest BCUT2D eigenvalue weighted by Crippen LogP contribution is -1.91. The molecule has 19 heavy (non-hydrogen) atoms. The van der Waals surface area contributed by atoms with Crippen LogP contribution in [-0.2, 0) is 4.57 Å². The molecule has 3 rings (SSSR count). The van der Waals surface area contributed by atoms with Crippen molar-refractivity contribution in [3.63, 3.8) is 0 Å². The average molecular weight is 274 g/mol. The summed E-state index contributed by atoms with van der Waals surface area (Å²) in [6.45, 7) is 0. The molecule has 0 aliphatic rings. The summed E-state index contributed by atoms with van der Waals surface area (Å²) in [7, 11) is -4.57. The standard InChI is InChI=1S/C14H11O4P/c15-19(16,17)18-14-9-10-5-1-2-6-11(10)12-7-3-4-8-13(12)14/h1-9H,(H2,15,16,17). The van der Waals surface area contributed by atoms with Crippen LogP contribution in [0.1, 0.15) is 0 Å². The lowest BCUT2D eigenvalue weighted by molar-refractivity contribution is 0.284. The molecule has 2 N–H and O–H groups in total. The Kier molecular flexibility index (Phi) is 2.79. The molecule has 3 aromatic rings. The van der Waals surface area contributed by atoms with Crippen LogP contribution in [0.2, 0.25) is 0 Å². The molecular weight excluding hydrogens is 263 g/mol. The third-order valence-corrected chi connectivity index (χ3v) is 3.38. The van der Waals surface area contributed by atoms with Gasteiger partial charge in [0.1, 0.15) is 5.75 Å². The highest BCUT2D eigenvalue weighted by Crippen LogP contribution is 2.42. The maximum absolute atomic E-state index is 11.1. The number of fused-ring (bicyclic) bond motifs is 3. The van der Waals surface area contributed by atoms with Crippen molar-refractivity contribution in [3.8, 4) is 5.75 Å². The molecule has 0 saturated carbocycles. The van der Waals surface area contributed by atoms with Crippen LogP contribution in [0, 0.1) is 0 Å². The van der Waals surface area contributed by atoms with Crippen LogP contribution in [0.5, 0.6) is 5.75 Å². The van der Waals surface area contributed by atoms with Gasteiger partial charge in [0.05, 0.1) is 0 Å². The lowest BCUT2D eigenvalue weighted by atomic mass is 10.0. The smallest absolute Gasteiger partial charge is 0.404 e. The summed E-state index contributed by atoms with van der Waals surface area (Å²) in [5, 5.41) is 3.49. The molecule has 0 heterocycles. The predicted octanol–water partition coefficient (Wildman–Crippen LogP) is 3.46. The van der Waals surface area contributed by atoms with Gasteiger partial charge in [-0.3, -0.25) is 9.79 Å². The second kappa shape index (κ2) is 4.35. The van der Waals surface area contributed by atoms with E-state index in [1.807, 2.05) is 42.5 Å². The molecule has 0 unspecified atom stereocenters. The Balaban J connectivity index is 2.39. The average Bonchev–Trinajstić information content (AvgIpc) is 2.37. The summed E-state index contributed by atoms with van der Waals surface area (Å²) in [6, 6.07) is 16.7. The highest BCUT2D eigenvalue weighted by molar-refractivity contribution is 7.46. The Morgan fingerprint density at radius 2 is 1.42 bits per heavy atom. The fourth-order valence-electron chi connectivity index (χ4n) is 2.22. The minimum absolute atomic E-state index is 0.197. The molecular formula is C14H11O4P. The first-order chi connectivity index (χ1) is 9.04. The summed E-state index contributed by atoms with van der Waals surface area (Å²) in [4.78, 5) is 18.0. The van der Waals surface area contributed by atoms with E-state index in [2.05, 4.69) is 0 Å². The minimum Gasteiger partial charge on any atom is -0.404 e. The van der Waals surface area contributed by atoms with E-state index in [9.17, 15) is 4.57 Å². The first-order valence-electron chi connectivity index (χ1n) is 5.70. The monoisotopic (exact) mass is 274 g/mol. The first kappa shape index (κ1) is 12.2. The van der Waals surface area contributed by atoms with E-state index in [1.54, 1.807) is 12.1 Å². The first-order valence-corrected chi connectivity index (χ1v) is 7.23. The Morgan fingerprint density at radius 1 is 0.842 bits per heavy atom. The van der Waals surface area contributed by atoms with Gasteiger partial charge in [0, 0.05) is 5.39 Å². The molecule has 0 aliphatic carbocycles. The molecule has 5 heteroatoms. The predicted molar refractivity (Wildman–Crippen MR) is 74.1 cm³/mol. The molecule has 0 aliphatic heterocycles. The third kappa shape index (κ3) is 2.34. The van der Waals surface area contributed by atoms with Crippen molar-refractivity contribution >= 4 is 29.4 Å². The van der Waals surface area contributed by atoms with Crippen LogP contribution in [0.4, 0.5) is 0 Å². The van der Waals surface area contributed by atoms with E-state index < -0.39 is 7.82 Å². The SMILES string of the molecule is O=P(O)(O)Oc1cc2ccccc2c2ccccc12. The van der Waals surface area contributed by atoms with Gasteiger partial charge in [-0.15, -0.1) is 0 Å². The zero-order valence-corrected chi connectivity index (χ0v) is 10.7. The third-order valence-electron chi connectivity index (χ3n) is 2.95. The topological polar surface area (TPSA) is 66.8 Å². The van der Waals surface area contributed by atoms with Crippen molar-refractivity contribution in [2.75, 3.05) is 0 Å².